The fourth-order valence-corrected chi connectivity index (χ4v) is 2.99. The number of ether oxygens (including phenoxy) is 2. The second-order valence-corrected chi connectivity index (χ2v) is 6.80. The Bertz CT molecular complexity index is 1060. The Labute approximate surface area is 175 Å². The number of nitrogens with one attached hydrogen (secondary N) is 2. The zero-order valence-electron chi connectivity index (χ0n) is 17.2. The van der Waals surface area contributed by atoms with E-state index in [-0.39, 0.29) is 18.4 Å². The van der Waals surface area contributed by atoms with Gasteiger partial charge < -0.3 is 20.1 Å². The average Bonchev–Trinajstić information content (AvgIpc) is 2.72. The van der Waals surface area contributed by atoms with Crippen molar-refractivity contribution in [3.63, 3.8) is 0 Å². The second kappa shape index (κ2) is 9.60. The molecular formula is C24H24N2O4. The van der Waals surface area contributed by atoms with E-state index in [9.17, 15) is 9.59 Å². The molecule has 0 radical (unpaired) electrons. The van der Waals surface area contributed by atoms with Crippen molar-refractivity contribution in [2.24, 2.45) is 0 Å². The van der Waals surface area contributed by atoms with Crippen molar-refractivity contribution in [2.75, 3.05) is 17.7 Å². The van der Waals surface area contributed by atoms with Crippen LogP contribution in [0.15, 0.2) is 66.7 Å². The molecule has 0 bridgehead atoms. The molecule has 2 N–H and O–H groups in total. The summed E-state index contributed by atoms with van der Waals surface area (Å²) in [6, 6.07) is 19.9. The fourth-order valence-electron chi connectivity index (χ4n) is 2.99. The van der Waals surface area contributed by atoms with Gasteiger partial charge in [0.2, 0.25) is 5.91 Å². The molecule has 3 aromatic carbocycles. The third-order valence-electron chi connectivity index (χ3n) is 4.46. The standard InChI is InChI=1S/C24H24N2O4/c1-16-7-4-5-10-22(16)30-15-19-13-18(11-12-23(19)29-3)24(28)26-21-9-6-8-20(14-21)25-17(2)27/h4-14H,15H2,1-3H3,(H,25,27)(H,26,28). The number of anilines is 2. The summed E-state index contributed by atoms with van der Waals surface area (Å²) in [7, 11) is 1.58. The number of aryl methyl sites for hydroxylation is 1. The van der Waals surface area contributed by atoms with E-state index in [4.69, 9.17) is 9.47 Å². The van der Waals surface area contributed by atoms with Crippen LogP contribution in [0, 0.1) is 6.92 Å². The number of hydrogen-bond donors (Lipinski definition) is 2. The number of amides is 2. The number of carbonyl (C=O) groups is 2. The van der Waals surface area contributed by atoms with E-state index in [1.807, 2.05) is 31.2 Å². The summed E-state index contributed by atoms with van der Waals surface area (Å²) in [5.74, 6) is 0.985. The summed E-state index contributed by atoms with van der Waals surface area (Å²) in [5, 5.41) is 5.54. The molecule has 2 amide bonds. The fraction of sp³-hybridized carbons (Fsp3) is 0.167. The highest BCUT2D eigenvalue weighted by Crippen LogP contribution is 2.24. The van der Waals surface area contributed by atoms with E-state index in [1.54, 1.807) is 49.6 Å². The number of hydrogen-bond acceptors (Lipinski definition) is 4. The normalized spacial score (nSPS) is 10.2. The number of benzene rings is 3. The Morgan fingerprint density at radius 3 is 2.30 bits per heavy atom. The van der Waals surface area contributed by atoms with E-state index >= 15 is 0 Å². The molecule has 0 heterocycles. The molecule has 0 fully saturated rings. The maximum atomic E-state index is 12.7. The van der Waals surface area contributed by atoms with Crippen molar-refractivity contribution < 1.29 is 19.1 Å². The third kappa shape index (κ3) is 5.38. The van der Waals surface area contributed by atoms with Crippen molar-refractivity contribution in [2.45, 2.75) is 20.5 Å². The van der Waals surface area contributed by atoms with Gasteiger partial charge in [-0.1, -0.05) is 24.3 Å². The zero-order chi connectivity index (χ0) is 21.5. The van der Waals surface area contributed by atoms with Crippen molar-refractivity contribution >= 4 is 23.2 Å². The highest BCUT2D eigenvalue weighted by Gasteiger charge is 2.12. The molecule has 0 aliphatic rings. The minimum atomic E-state index is -0.269. The molecule has 0 aliphatic carbocycles. The quantitative estimate of drug-likeness (QED) is 0.593. The lowest BCUT2D eigenvalue weighted by molar-refractivity contribution is -0.114. The molecule has 30 heavy (non-hydrogen) atoms. The number of methoxy groups -OCH3 is 1. The molecule has 0 aromatic heterocycles. The highest BCUT2D eigenvalue weighted by atomic mass is 16.5. The van der Waals surface area contributed by atoms with Gasteiger partial charge in [-0.05, 0) is 55.0 Å². The Hall–Kier alpha value is -3.80. The van der Waals surface area contributed by atoms with E-state index in [0.29, 0.717) is 22.7 Å². The van der Waals surface area contributed by atoms with Gasteiger partial charge in [0.1, 0.15) is 18.1 Å². The lowest BCUT2D eigenvalue weighted by Gasteiger charge is -2.14. The molecule has 154 valence electrons. The largest absolute Gasteiger partial charge is 0.496 e. The minimum Gasteiger partial charge on any atom is -0.496 e. The topological polar surface area (TPSA) is 76.7 Å². The summed E-state index contributed by atoms with van der Waals surface area (Å²) in [6.45, 7) is 3.68. The van der Waals surface area contributed by atoms with Gasteiger partial charge in [0, 0.05) is 29.4 Å². The van der Waals surface area contributed by atoms with Gasteiger partial charge in [0.25, 0.3) is 5.91 Å². The van der Waals surface area contributed by atoms with Gasteiger partial charge in [-0.3, -0.25) is 9.59 Å². The van der Waals surface area contributed by atoms with E-state index in [2.05, 4.69) is 10.6 Å². The summed E-state index contributed by atoms with van der Waals surface area (Å²) in [6.07, 6.45) is 0. The molecule has 3 rings (SSSR count). The Morgan fingerprint density at radius 1 is 0.867 bits per heavy atom. The minimum absolute atomic E-state index is 0.174. The van der Waals surface area contributed by atoms with Gasteiger partial charge in [-0.2, -0.15) is 0 Å². The summed E-state index contributed by atoms with van der Waals surface area (Å²) in [5.41, 5.74) is 3.47. The van der Waals surface area contributed by atoms with Crippen molar-refractivity contribution in [1.82, 2.24) is 0 Å². The van der Waals surface area contributed by atoms with Crippen LogP contribution in [-0.2, 0) is 11.4 Å². The molecule has 0 atom stereocenters. The van der Waals surface area contributed by atoms with Gasteiger partial charge in [0.15, 0.2) is 0 Å². The Morgan fingerprint density at radius 2 is 1.60 bits per heavy atom. The molecule has 0 spiro atoms. The van der Waals surface area contributed by atoms with Crippen molar-refractivity contribution in [3.8, 4) is 11.5 Å². The average molecular weight is 404 g/mol. The number of para-hydroxylation sites is 1. The van der Waals surface area contributed by atoms with Crippen LogP contribution in [-0.4, -0.2) is 18.9 Å². The number of carbonyl (C=O) groups excluding carboxylic acids is 2. The first-order chi connectivity index (χ1) is 14.5. The lowest BCUT2D eigenvalue weighted by atomic mass is 10.1. The first-order valence-electron chi connectivity index (χ1n) is 9.50. The lowest BCUT2D eigenvalue weighted by Crippen LogP contribution is -2.13. The van der Waals surface area contributed by atoms with Gasteiger partial charge in [-0.15, -0.1) is 0 Å². The predicted molar refractivity (Wildman–Crippen MR) is 117 cm³/mol. The second-order valence-electron chi connectivity index (χ2n) is 6.80. The van der Waals surface area contributed by atoms with Crippen LogP contribution in [0.3, 0.4) is 0 Å². The maximum absolute atomic E-state index is 12.7. The van der Waals surface area contributed by atoms with Gasteiger partial charge in [-0.25, -0.2) is 0 Å². The molecule has 0 saturated carbocycles. The zero-order valence-corrected chi connectivity index (χ0v) is 17.2. The Balaban J connectivity index is 1.76. The van der Waals surface area contributed by atoms with Gasteiger partial charge in [0.05, 0.1) is 7.11 Å². The molecule has 6 heteroatoms. The van der Waals surface area contributed by atoms with Crippen LogP contribution >= 0.6 is 0 Å². The molecule has 0 aliphatic heterocycles. The van der Waals surface area contributed by atoms with Gasteiger partial charge >= 0.3 is 0 Å². The van der Waals surface area contributed by atoms with E-state index < -0.39 is 0 Å². The number of rotatable bonds is 7. The SMILES string of the molecule is COc1ccc(C(=O)Nc2cccc(NC(C)=O)c2)cc1COc1ccccc1C. The van der Waals surface area contributed by atoms with Crippen LogP contribution in [0.2, 0.25) is 0 Å². The van der Waals surface area contributed by atoms with Crippen molar-refractivity contribution in [3.05, 3.63) is 83.4 Å². The summed E-state index contributed by atoms with van der Waals surface area (Å²) < 4.78 is 11.3. The third-order valence-corrected chi connectivity index (χ3v) is 4.46. The molecule has 0 unspecified atom stereocenters. The van der Waals surface area contributed by atoms with E-state index in [0.717, 1.165) is 16.9 Å². The molecule has 6 nitrogen and oxygen atoms in total. The summed E-state index contributed by atoms with van der Waals surface area (Å²) in [4.78, 5) is 24.0. The van der Waals surface area contributed by atoms with Crippen LogP contribution in [0.5, 0.6) is 11.5 Å². The smallest absolute Gasteiger partial charge is 0.255 e. The molecule has 0 saturated heterocycles. The Kier molecular flexibility index (Phi) is 6.70. The van der Waals surface area contributed by atoms with Crippen LogP contribution < -0.4 is 20.1 Å². The van der Waals surface area contributed by atoms with E-state index in [1.165, 1.54) is 6.92 Å². The highest BCUT2D eigenvalue weighted by molar-refractivity contribution is 6.05. The maximum Gasteiger partial charge on any atom is 0.255 e. The van der Waals surface area contributed by atoms with Crippen LogP contribution in [0.1, 0.15) is 28.4 Å². The molecule has 3 aromatic rings. The summed E-state index contributed by atoms with van der Waals surface area (Å²) >= 11 is 0. The van der Waals surface area contributed by atoms with Crippen molar-refractivity contribution in [1.29, 1.82) is 0 Å². The first kappa shape index (κ1) is 20.9. The predicted octanol–water partition coefficient (Wildman–Crippen LogP) is 4.79. The monoisotopic (exact) mass is 404 g/mol. The van der Waals surface area contributed by atoms with Crippen LogP contribution in [0.4, 0.5) is 11.4 Å². The molecular weight excluding hydrogens is 380 g/mol. The van der Waals surface area contributed by atoms with Crippen LogP contribution in [0.25, 0.3) is 0 Å². The first-order valence-corrected chi connectivity index (χ1v) is 9.50.